The molecule has 3 aromatic heterocycles. The number of nitrogens with zero attached hydrogens (tertiary/aromatic N) is 4. The van der Waals surface area contributed by atoms with Crippen LogP contribution in [0.5, 0.6) is 5.88 Å². The van der Waals surface area contributed by atoms with Crippen LogP contribution >= 0.6 is 11.5 Å². The Balaban J connectivity index is 1.24. The molecule has 0 spiro atoms. The number of benzene rings is 1. The highest BCUT2D eigenvalue weighted by Gasteiger charge is 2.17. The van der Waals surface area contributed by atoms with Crippen molar-refractivity contribution in [2.75, 3.05) is 23.7 Å². The number of amides is 1. The summed E-state index contributed by atoms with van der Waals surface area (Å²) >= 11 is 1.18. The predicted octanol–water partition coefficient (Wildman–Crippen LogP) is 3.61. The number of nitrogens with one attached hydrogen (secondary N) is 3. The Bertz CT molecular complexity index is 1220. The van der Waals surface area contributed by atoms with Gasteiger partial charge in [-0.3, -0.25) is 9.78 Å². The number of pyridine rings is 1. The first-order valence-corrected chi connectivity index (χ1v) is 11.1. The number of carbonyl (C=O) groups excluding carboxylic acids is 1. The first-order valence-electron chi connectivity index (χ1n) is 10.3. The number of para-hydroxylation sites is 2. The summed E-state index contributed by atoms with van der Waals surface area (Å²) in [7, 11) is 0. The first kappa shape index (κ1) is 20.3. The minimum atomic E-state index is -0.288. The zero-order chi connectivity index (χ0) is 21.8. The van der Waals surface area contributed by atoms with Crippen LogP contribution in [0.2, 0.25) is 0 Å². The number of hydrogen-bond donors (Lipinski definition) is 3. The molecule has 0 unspecified atom stereocenters. The molecule has 32 heavy (non-hydrogen) atoms. The molecule has 0 radical (unpaired) electrons. The van der Waals surface area contributed by atoms with Gasteiger partial charge in [-0.15, -0.1) is 0 Å². The van der Waals surface area contributed by atoms with Gasteiger partial charge in [0.15, 0.2) is 0 Å². The summed E-state index contributed by atoms with van der Waals surface area (Å²) in [5.74, 6) is 0.816. The number of rotatable bonds is 6. The molecule has 1 fully saturated rings. The van der Waals surface area contributed by atoms with Gasteiger partial charge in [0.2, 0.25) is 5.88 Å². The molecule has 0 aliphatic carbocycles. The van der Waals surface area contributed by atoms with Crippen molar-refractivity contribution in [1.29, 1.82) is 0 Å². The fourth-order valence-electron chi connectivity index (χ4n) is 3.43. The van der Waals surface area contributed by atoms with Gasteiger partial charge < -0.3 is 20.7 Å². The normalized spacial score (nSPS) is 14.2. The summed E-state index contributed by atoms with van der Waals surface area (Å²) in [5, 5.41) is 9.90. The molecule has 10 heteroatoms. The van der Waals surface area contributed by atoms with Gasteiger partial charge in [-0.25, -0.2) is 9.97 Å². The average molecular weight is 448 g/mol. The van der Waals surface area contributed by atoms with E-state index in [4.69, 9.17) is 4.74 Å². The predicted molar refractivity (Wildman–Crippen MR) is 124 cm³/mol. The van der Waals surface area contributed by atoms with Gasteiger partial charge in [0.25, 0.3) is 5.91 Å². The molecule has 5 rings (SSSR count). The van der Waals surface area contributed by atoms with Crippen LogP contribution in [0.3, 0.4) is 0 Å². The highest BCUT2D eigenvalue weighted by molar-refractivity contribution is 7.10. The Morgan fingerprint density at radius 2 is 1.88 bits per heavy atom. The lowest BCUT2D eigenvalue weighted by Gasteiger charge is -2.23. The molecule has 1 aliphatic heterocycles. The largest absolute Gasteiger partial charge is 0.474 e. The van der Waals surface area contributed by atoms with E-state index < -0.39 is 0 Å². The molecule has 1 amide bonds. The zero-order valence-corrected chi connectivity index (χ0v) is 17.9. The van der Waals surface area contributed by atoms with E-state index in [1.807, 2.05) is 24.3 Å². The fraction of sp³-hybridized carbons (Fsp3) is 0.227. The summed E-state index contributed by atoms with van der Waals surface area (Å²) in [6.07, 6.45) is 6.85. The number of ether oxygens (including phenoxy) is 1. The van der Waals surface area contributed by atoms with E-state index in [2.05, 4.69) is 35.3 Å². The highest BCUT2D eigenvalue weighted by atomic mass is 32.1. The van der Waals surface area contributed by atoms with Crippen molar-refractivity contribution in [3.8, 4) is 5.88 Å². The van der Waals surface area contributed by atoms with Gasteiger partial charge in [-0.2, -0.15) is 4.37 Å². The fourth-order valence-corrected chi connectivity index (χ4v) is 4.09. The monoisotopic (exact) mass is 447 g/mol. The Labute approximate surface area is 188 Å². The molecule has 3 N–H and O–H groups in total. The molecule has 0 saturated carbocycles. The Morgan fingerprint density at radius 3 is 2.69 bits per heavy atom. The smallest absolute Gasteiger partial charge is 0.260 e. The SMILES string of the molecule is O=C(Nc1ccc(OC2CCNCC2)nc1)c1cnsc1Nc1cnc2ccccc2n1. The van der Waals surface area contributed by atoms with E-state index in [9.17, 15) is 4.79 Å². The molecule has 4 heterocycles. The lowest BCUT2D eigenvalue weighted by atomic mass is 10.1. The number of carbonyl (C=O) groups is 1. The molecule has 4 aromatic rings. The Morgan fingerprint density at radius 1 is 1.03 bits per heavy atom. The number of hydrogen-bond acceptors (Lipinski definition) is 9. The lowest BCUT2D eigenvalue weighted by molar-refractivity contribution is 0.102. The molecule has 1 saturated heterocycles. The second kappa shape index (κ2) is 9.25. The molecule has 162 valence electrons. The van der Waals surface area contributed by atoms with Crippen molar-refractivity contribution in [2.24, 2.45) is 0 Å². The van der Waals surface area contributed by atoms with Crippen molar-refractivity contribution in [3.05, 3.63) is 60.6 Å². The van der Waals surface area contributed by atoms with E-state index in [1.165, 1.54) is 17.7 Å². The maximum Gasteiger partial charge on any atom is 0.260 e. The minimum Gasteiger partial charge on any atom is -0.474 e. The summed E-state index contributed by atoms with van der Waals surface area (Å²) < 4.78 is 10.1. The minimum absolute atomic E-state index is 0.174. The molecule has 1 aliphatic rings. The third kappa shape index (κ3) is 4.66. The van der Waals surface area contributed by atoms with Crippen molar-refractivity contribution in [3.63, 3.8) is 0 Å². The molecule has 1 aromatic carbocycles. The number of fused-ring (bicyclic) bond motifs is 1. The van der Waals surface area contributed by atoms with E-state index in [1.54, 1.807) is 24.5 Å². The van der Waals surface area contributed by atoms with E-state index in [0.717, 1.165) is 37.0 Å². The van der Waals surface area contributed by atoms with Crippen molar-refractivity contribution >= 4 is 45.0 Å². The molecular weight excluding hydrogens is 426 g/mol. The Kier molecular flexibility index (Phi) is 5.86. The van der Waals surface area contributed by atoms with Crippen LogP contribution in [0.4, 0.5) is 16.5 Å². The summed E-state index contributed by atoms with van der Waals surface area (Å²) in [5.41, 5.74) is 2.57. The van der Waals surface area contributed by atoms with Crippen LogP contribution in [0.25, 0.3) is 11.0 Å². The second-order valence-corrected chi connectivity index (χ2v) is 8.15. The summed E-state index contributed by atoms with van der Waals surface area (Å²) in [6, 6.07) is 11.2. The quantitative estimate of drug-likeness (QED) is 0.411. The van der Waals surface area contributed by atoms with Crippen molar-refractivity contribution < 1.29 is 9.53 Å². The van der Waals surface area contributed by atoms with Crippen LogP contribution in [0, 0.1) is 0 Å². The highest BCUT2D eigenvalue weighted by Crippen LogP contribution is 2.26. The van der Waals surface area contributed by atoms with Crippen LogP contribution < -0.4 is 20.7 Å². The number of anilines is 3. The second-order valence-electron chi connectivity index (χ2n) is 7.34. The van der Waals surface area contributed by atoms with Crippen LogP contribution in [-0.4, -0.2) is 44.4 Å². The molecule has 9 nitrogen and oxygen atoms in total. The average Bonchev–Trinajstić information content (AvgIpc) is 3.29. The molecular formula is C22H21N7O2S. The molecule has 0 atom stereocenters. The van der Waals surface area contributed by atoms with Gasteiger partial charge in [-0.05, 0) is 55.7 Å². The summed E-state index contributed by atoms with van der Waals surface area (Å²) in [6.45, 7) is 1.91. The maximum absolute atomic E-state index is 12.8. The summed E-state index contributed by atoms with van der Waals surface area (Å²) in [4.78, 5) is 26.1. The van der Waals surface area contributed by atoms with Gasteiger partial charge in [0.1, 0.15) is 16.9 Å². The number of aromatic nitrogens is 4. The maximum atomic E-state index is 12.8. The third-order valence-electron chi connectivity index (χ3n) is 5.07. The lowest BCUT2D eigenvalue weighted by Crippen LogP contribution is -2.34. The van der Waals surface area contributed by atoms with Crippen molar-refractivity contribution in [2.45, 2.75) is 18.9 Å². The van der Waals surface area contributed by atoms with E-state index in [-0.39, 0.29) is 12.0 Å². The standard InChI is InChI=1S/C22H21N7O2S/c30-21(27-14-5-6-20(25-11-14)31-15-7-9-23-10-8-15)16-12-26-32-22(16)29-19-13-24-17-3-1-2-4-18(17)28-19/h1-6,11-13,15,23H,7-10H2,(H,27,30)(H,28,29). The first-order chi connectivity index (χ1) is 15.7. The van der Waals surface area contributed by atoms with Crippen LogP contribution in [0.15, 0.2) is 55.0 Å². The van der Waals surface area contributed by atoms with Gasteiger partial charge >= 0.3 is 0 Å². The number of piperidine rings is 1. The third-order valence-corrected chi connectivity index (χ3v) is 5.79. The van der Waals surface area contributed by atoms with E-state index >= 15 is 0 Å². The Hall–Kier alpha value is -3.63. The topological polar surface area (TPSA) is 114 Å². The van der Waals surface area contributed by atoms with Gasteiger partial charge in [-0.1, -0.05) is 12.1 Å². The van der Waals surface area contributed by atoms with Crippen LogP contribution in [-0.2, 0) is 0 Å². The van der Waals surface area contributed by atoms with Crippen LogP contribution in [0.1, 0.15) is 23.2 Å². The molecule has 0 bridgehead atoms. The zero-order valence-electron chi connectivity index (χ0n) is 17.1. The van der Waals surface area contributed by atoms with Crippen molar-refractivity contribution in [1.82, 2.24) is 24.6 Å². The van der Waals surface area contributed by atoms with E-state index in [0.29, 0.717) is 27.9 Å². The van der Waals surface area contributed by atoms with Gasteiger partial charge in [0.05, 0.1) is 40.9 Å². The van der Waals surface area contributed by atoms with Gasteiger partial charge in [0, 0.05) is 6.07 Å².